The lowest BCUT2D eigenvalue weighted by Gasteiger charge is -2.27. The standard InChI is InChI=1S/C11H19NO2/c1-5-9-7-6-8-12(9)10(13)14-11(2,3)4/h5,9H,1,6-8H2,2-4H3/t9-/m1/s1. The minimum atomic E-state index is -0.411. The minimum Gasteiger partial charge on any atom is -0.444 e. The number of carbonyl (C=O) groups excluding carboxylic acids is 1. The molecule has 1 aliphatic heterocycles. The number of likely N-dealkylation sites (tertiary alicyclic amines) is 1. The van der Waals surface area contributed by atoms with Crippen LogP contribution in [0.15, 0.2) is 12.7 Å². The van der Waals surface area contributed by atoms with E-state index in [1.807, 2.05) is 26.8 Å². The van der Waals surface area contributed by atoms with Crippen molar-refractivity contribution in [1.82, 2.24) is 4.90 Å². The van der Waals surface area contributed by atoms with E-state index < -0.39 is 5.60 Å². The van der Waals surface area contributed by atoms with Gasteiger partial charge in [-0.3, -0.25) is 0 Å². The molecule has 14 heavy (non-hydrogen) atoms. The summed E-state index contributed by atoms with van der Waals surface area (Å²) in [5.74, 6) is 0. The van der Waals surface area contributed by atoms with E-state index in [1.165, 1.54) is 0 Å². The van der Waals surface area contributed by atoms with Crippen LogP contribution in [-0.4, -0.2) is 29.2 Å². The highest BCUT2D eigenvalue weighted by Crippen LogP contribution is 2.20. The third kappa shape index (κ3) is 2.76. The van der Waals surface area contributed by atoms with E-state index in [0.29, 0.717) is 0 Å². The third-order valence-corrected chi connectivity index (χ3v) is 2.20. The van der Waals surface area contributed by atoms with Gasteiger partial charge in [-0.05, 0) is 33.6 Å². The summed E-state index contributed by atoms with van der Waals surface area (Å²) >= 11 is 0. The predicted octanol–water partition coefficient (Wildman–Crippen LogP) is 2.57. The first-order valence-electron chi connectivity index (χ1n) is 5.06. The zero-order valence-electron chi connectivity index (χ0n) is 9.25. The zero-order chi connectivity index (χ0) is 10.8. The van der Waals surface area contributed by atoms with Crippen molar-refractivity contribution < 1.29 is 9.53 Å². The van der Waals surface area contributed by atoms with E-state index in [9.17, 15) is 4.79 Å². The lowest BCUT2D eigenvalue weighted by atomic mass is 10.2. The molecule has 0 aromatic heterocycles. The van der Waals surface area contributed by atoms with Crippen molar-refractivity contribution in [3.8, 4) is 0 Å². The van der Waals surface area contributed by atoms with Gasteiger partial charge in [0.05, 0.1) is 6.04 Å². The SMILES string of the molecule is C=C[C@@H]1CCCN1C(=O)OC(C)(C)C. The Morgan fingerprint density at radius 2 is 2.21 bits per heavy atom. The molecule has 1 saturated heterocycles. The molecule has 0 radical (unpaired) electrons. The van der Waals surface area contributed by atoms with Gasteiger partial charge in [0.2, 0.25) is 0 Å². The molecule has 1 fully saturated rings. The van der Waals surface area contributed by atoms with Crippen molar-refractivity contribution >= 4 is 6.09 Å². The summed E-state index contributed by atoms with van der Waals surface area (Å²) in [5.41, 5.74) is -0.411. The second kappa shape index (κ2) is 4.03. The molecule has 0 aliphatic carbocycles. The molecule has 0 N–H and O–H groups in total. The summed E-state index contributed by atoms with van der Waals surface area (Å²) in [6, 6.07) is 0.157. The number of amides is 1. The minimum absolute atomic E-state index is 0.157. The van der Waals surface area contributed by atoms with Crippen molar-refractivity contribution in [1.29, 1.82) is 0 Å². The maximum atomic E-state index is 11.7. The Kier molecular flexibility index (Phi) is 3.19. The highest BCUT2D eigenvalue weighted by atomic mass is 16.6. The van der Waals surface area contributed by atoms with Gasteiger partial charge in [0, 0.05) is 6.54 Å². The van der Waals surface area contributed by atoms with Crippen LogP contribution in [0.1, 0.15) is 33.6 Å². The summed E-state index contributed by atoms with van der Waals surface area (Å²) in [6.45, 7) is 10.1. The average molecular weight is 197 g/mol. The van der Waals surface area contributed by atoms with E-state index in [4.69, 9.17) is 4.74 Å². The molecule has 0 aromatic rings. The number of nitrogens with zero attached hydrogens (tertiary/aromatic N) is 1. The predicted molar refractivity (Wildman–Crippen MR) is 56.2 cm³/mol. The van der Waals surface area contributed by atoms with Gasteiger partial charge in [0.15, 0.2) is 0 Å². The maximum Gasteiger partial charge on any atom is 0.410 e. The van der Waals surface area contributed by atoms with Crippen LogP contribution in [-0.2, 0) is 4.74 Å². The molecule has 1 amide bonds. The Bertz CT molecular complexity index is 230. The van der Waals surface area contributed by atoms with Gasteiger partial charge in [0.25, 0.3) is 0 Å². The van der Waals surface area contributed by atoms with Crippen LogP contribution in [0.3, 0.4) is 0 Å². The fraction of sp³-hybridized carbons (Fsp3) is 0.727. The number of rotatable bonds is 1. The van der Waals surface area contributed by atoms with Gasteiger partial charge in [-0.2, -0.15) is 0 Å². The van der Waals surface area contributed by atoms with E-state index in [2.05, 4.69) is 6.58 Å². The Morgan fingerprint density at radius 1 is 1.57 bits per heavy atom. The maximum absolute atomic E-state index is 11.7. The van der Waals surface area contributed by atoms with E-state index in [0.717, 1.165) is 19.4 Å². The lowest BCUT2D eigenvalue weighted by Crippen LogP contribution is -2.38. The van der Waals surface area contributed by atoms with Crippen molar-refractivity contribution in [3.63, 3.8) is 0 Å². The molecule has 0 unspecified atom stereocenters. The van der Waals surface area contributed by atoms with Crippen molar-refractivity contribution in [2.45, 2.75) is 45.3 Å². The van der Waals surface area contributed by atoms with Crippen molar-refractivity contribution in [3.05, 3.63) is 12.7 Å². The monoisotopic (exact) mass is 197 g/mol. The quantitative estimate of drug-likeness (QED) is 0.605. The lowest BCUT2D eigenvalue weighted by molar-refractivity contribution is 0.0256. The molecule has 0 spiro atoms. The largest absolute Gasteiger partial charge is 0.444 e. The second-order valence-corrected chi connectivity index (χ2v) is 4.62. The number of carbonyl (C=O) groups is 1. The molecule has 0 bridgehead atoms. The van der Waals surface area contributed by atoms with E-state index in [-0.39, 0.29) is 12.1 Å². The van der Waals surface area contributed by atoms with Gasteiger partial charge in [-0.1, -0.05) is 6.08 Å². The van der Waals surface area contributed by atoms with Crippen molar-refractivity contribution in [2.75, 3.05) is 6.54 Å². The molecule has 3 nitrogen and oxygen atoms in total. The van der Waals surface area contributed by atoms with Gasteiger partial charge >= 0.3 is 6.09 Å². The average Bonchev–Trinajstić information content (AvgIpc) is 2.47. The summed E-state index contributed by atoms with van der Waals surface area (Å²) in [6.07, 6.45) is 3.63. The molecule has 1 heterocycles. The summed E-state index contributed by atoms with van der Waals surface area (Å²) in [4.78, 5) is 13.4. The molecular weight excluding hydrogens is 178 g/mol. The molecule has 0 saturated carbocycles. The van der Waals surface area contributed by atoms with Crippen LogP contribution in [0.25, 0.3) is 0 Å². The second-order valence-electron chi connectivity index (χ2n) is 4.62. The van der Waals surface area contributed by atoms with Gasteiger partial charge in [-0.15, -0.1) is 6.58 Å². The molecule has 3 heteroatoms. The molecular formula is C11H19NO2. The topological polar surface area (TPSA) is 29.5 Å². The Morgan fingerprint density at radius 3 is 2.71 bits per heavy atom. The van der Waals surface area contributed by atoms with Crippen LogP contribution in [0.4, 0.5) is 4.79 Å². The third-order valence-electron chi connectivity index (χ3n) is 2.20. The van der Waals surface area contributed by atoms with Crippen LogP contribution >= 0.6 is 0 Å². The highest BCUT2D eigenvalue weighted by molar-refractivity contribution is 5.69. The molecule has 1 rings (SSSR count). The Labute approximate surface area is 85.7 Å². The van der Waals surface area contributed by atoms with Crippen LogP contribution in [0.2, 0.25) is 0 Å². The Hall–Kier alpha value is -0.990. The summed E-state index contributed by atoms with van der Waals surface area (Å²) in [5, 5.41) is 0. The normalized spacial score (nSPS) is 22.2. The summed E-state index contributed by atoms with van der Waals surface area (Å²) in [7, 11) is 0. The van der Waals surface area contributed by atoms with Crippen molar-refractivity contribution in [2.24, 2.45) is 0 Å². The summed E-state index contributed by atoms with van der Waals surface area (Å²) < 4.78 is 5.29. The first-order chi connectivity index (χ1) is 6.44. The smallest absolute Gasteiger partial charge is 0.410 e. The van der Waals surface area contributed by atoms with E-state index >= 15 is 0 Å². The fourth-order valence-corrected chi connectivity index (χ4v) is 1.58. The van der Waals surface area contributed by atoms with Gasteiger partial charge in [-0.25, -0.2) is 4.79 Å². The fourth-order valence-electron chi connectivity index (χ4n) is 1.58. The zero-order valence-corrected chi connectivity index (χ0v) is 9.25. The van der Waals surface area contributed by atoms with Crippen LogP contribution in [0.5, 0.6) is 0 Å². The highest BCUT2D eigenvalue weighted by Gasteiger charge is 2.30. The van der Waals surface area contributed by atoms with Crippen LogP contribution < -0.4 is 0 Å². The first-order valence-corrected chi connectivity index (χ1v) is 5.06. The van der Waals surface area contributed by atoms with Gasteiger partial charge in [0.1, 0.15) is 5.60 Å². The number of ether oxygens (including phenoxy) is 1. The molecule has 1 atom stereocenters. The van der Waals surface area contributed by atoms with Crippen LogP contribution in [0, 0.1) is 0 Å². The van der Waals surface area contributed by atoms with E-state index in [1.54, 1.807) is 4.90 Å². The molecule has 1 aliphatic rings. The van der Waals surface area contributed by atoms with Gasteiger partial charge < -0.3 is 9.64 Å². The Balaban J connectivity index is 2.56. The number of hydrogen-bond donors (Lipinski definition) is 0. The molecule has 0 aromatic carbocycles. The first kappa shape index (κ1) is 11.1. The number of hydrogen-bond acceptors (Lipinski definition) is 2. The molecule has 80 valence electrons.